The Hall–Kier alpha value is -2.21. The summed E-state index contributed by atoms with van der Waals surface area (Å²) >= 11 is 0. The standard InChI is InChI=1S/C18H23N5O/c1-12-9-14-5-3-4-6-16(14)23(12)18(24)10-19-15-7-8-17-20-13(2)21-22(17)11-15/h3-6,12,15,19H,7-11H2,1-2H3/t12-,15-/m1/s1. The summed E-state index contributed by atoms with van der Waals surface area (Å²) in [6.45, 7) is 5.19. The smallest absolute Gasteiger partial charge is 0.241 e. The highest BCUT2D eigenvalue weighted by Crippen LogP contribution is 2.31. The van der Waals surface area contributed by atoms with Crippen LogP contribution in [0.4, 0.5) is 5.69 Å². The van der Waals surface area contributed by atoms with E-state index in [1.807, 2.05) is 34.7 Å². The summed E-state index contributed by atoms with van der Waals surface area (Å²) in [5.41, 5.74) is 2.33. The van der Waals surface area contributed by atoms with Crippen LogP contribution in [0.25, 0.3) is 0 Å². The second kappa shape index (κ2) is 6.02. The molecule has 0 saturated carbocycles. The van der Waals surface area contributed by atoms with Crippen molar-refractivity contribution in [3.8, 4) is 0 Å². The number of amides is 1. The van der Waals surface area contributed by atoms with Gasteiger partial charge in [-0.15, -0.1) is 0 Å². The summed E-state index contributed by atoms with van der Waals surface area (Å²) in [5.74, 6) is 2.02. The lowest BCUT2D eigenvalue weighted by atomic mass is 10.1. The van der Waals surface area contributed by atoms with Gasteiger partial charge >= 0.3 is 0 Å². The van der Waals surface area contributed by atoms with Crippen LogP contribution < -0.4 is 10.2 Å². The number of para-hydroxylation sites is 1. The number of nitrogens with zero attached hydrogens (tertiary/aromatic N) is 4. The van der Waals surface area contributed by atoms with E-state index in [2.05, 4.69) is 28.4 Å². The molecule has 0 radical (unpaired) electrons. The maximum atomic E-state index is 12.7. The van der Waals surface area contributed by atoms with E-state index in [0.29, 0.717) is 6.54 Å². The molecule has 3 heterocycles. The fraction of sp³-hybridized carbons (Fsp3) is 0.500. The second-order valence-corrected chi connectivity index (χ2v) is 6.82. The molecule has 24 heavy (non-hydrogen) atoms. The van der Waals surface area contributed by atoms with Gasteiger partial charge < -0.3 is 10.2 Å². The van der Waals surface area contributed by atoms with Crippen LogP contribution in [0.2, 0.25) is 0 Å². The Labute approximate surface area is 141 Å². The van der Waals surface area contributed by atoms with E-state index in [1.165, 1.54) is 5.56 Å². The van der Waals surface area contributed by atoms with Crippen LogP contribution in [0.3, 0.4) is 0 Å². The Morgan fingerprint density at radius 3 is 3.08 bits per heavy atom. The first-order valence-corrected chi connectivity index (χ1v) is 8.65. The van der Waals surface area contributed by atoms with Gasteiger partial charge in [0.2, 0.25) is 5.91 Å². The van der Waals surface area contributed by atoms with Gasteiger partial charge in [-0.2, -0.15) is 5.10 Å². The molecule has 0 saturated heterocycles. The molecule has 1 amide bonds. The van der Waals surface area contributed by atoms with Gasteiger partial charge in [-0.25, -0.2) is 9.67 Å². The molecular formula is C18H23N5O. The summed E-state index contributed by atoms with van der Waals surface area (Å²) in [5, 5.41) is 7.84. The molecule has 4 rings (SSSR count). The average Bonchev–Trinajstić information content (AvgIpc) is 3.09. The minimum absolute atomic E-state index is 0.146. The number of aryl methyl sites for hydroxylation is 2. The molecule has 2 aromatic rings. The number of hydrogen-bond acceptors (Lipinski definition) is 4. The lowest BCUT2D eigenvalue weighted by molar-refractivity contribution is -0.118. The van der Waals surface area contributed by atoms with Gasteiger partial charge in [-0.1, -0.05) is 18.2 Å². The summed E-state index contributed by atoms with van der Waals surface area (Å²) in [4.78, 5) is 19.1. The first-order valence-electron chi connectivity index (χ1n) is 8.65. The van der Waals surface area contributed by atoms with E-state index in [0.717, 1.165) is 43.1 Å². The van der Waals surface area contributed by atoms with E-state index in [4.69, 9.17) is 0 Å². The zero-order valence-electron chi connectivity index (χ0n) is 14.2. The maximum Gasteiger partial charge on any atom is 0.241 e. The lowest BCUT2D eigenvalue weighted by Gasteiger charge is -2.26. The van der Waals surface area contributed by atoms with Crippen LogP contribution in [0.5, 0.6) is 0 Å². The molecule has 2 atom stereocenters. The number of anilines is 1. The molecule has 6 heteroatoms. The van der Waals surface area contributed by atoms with Crippen molar-refractivity contribution < 1.29 is 4.79 Å². The van der Waals surface area contributed by atoms with Crippen LogP contribution in [0.1, 0.15) is 30.6 Å². The van der Waals surface area contributed by atoms with Crippen molar-refractivity contribution in [3.63, 3.8) is 0 Å². The topological polar surface area (TPSA) is 63.1 Å². The van der Waals surface area contributed by atoms with Crippen LogP contribution >= 0.6 is 0 Å². The van der Waals surface area contributed by atoms with E-state index in [1.54, 1.807) is 0 Å². The summed E-state index contributed by atoms with van der Waals surface area (Å²) in [7, 11) is 0. The first-order chi connectivity index (χ1) is 11.6. The first kappa shape index (κ1) is 15.3. The van der Waals surface area contributed by atoms with Crippen molar-refractivity contribution in [2.45, 2.75) is 51.7 Å². The van der Waals surface area contributed by atoms with Crippen molar-refractivity contribution in [2.24, 2.45) is 0 Å². The van der Waals surface area contributed by atoms with Crippen molar-refractivity contribution in [1.29, 1.82) is 0 Å². The molecule has 126 valence electrons. The molecule has 0 spiro atoms. The van der Waals surface area contributed by atoms with Crippen LogP contribution in [0.15, 0.2) is 24.3 Å². The Bertz CT molecular complexity index is 769. The molecule has 0 unspecified atom stereocenters. The van der Waals surface area contributed by atoms with Gasteiger partial charge in [0.15, 0.2) is 0 Å². The largest absolute Gasteiger partial charge is 0.308 e. The molecular weight excluding hydrogens is 302 g/mol. The molecule has 0 bridgehead atoms. The van der Waals surface area contributed by atoms with Crippen molar-refractivity contribution in [1.82, 2.24) is 20.1 Å². The number of fused-ring (bicyclic) bond motifs is 2. The van der Waals surface area contributed by atoms with Crippen molar-refractivity contribution >= 4 is 11.6 Å². The van der Waals surface area contributed by atoms with Crippen molar-refractivity contribution in [3.05, 3.63) is 41.5 Å². The Morgan fingerprint density at radius 1 is 1.38 bits per heavy atom. The van der Waals surface area contributed by atoms with Gasteiger partial charge in [0.05, 0.1) is 13.1 Å². The third-order valence-electron chi connectivity index (χ3n) is 4.98. The van der Waals surface area contributed by atoms with Crippen LogP contribution in [-0.4, -0.2) is 39.3 Å². The number of carbonyl (C=O) groups is 1. The van der Waals surface area contributed by atoms with E-state index >= 15 is 0 Å². The average molecular weight is 325 g/mol. The number of hydrogen-bond donors (Lipinski definition) is 1. The van der Waals surface area contributed by atoms with Gasteiger partial charge in [-0.05, 0) is 38.3 Å². The zero-order valence-corrected chi connectivity index (χ0v) is 14.2. The lowest BCUT2D eigenvalue weighted by Crippen LogP contribution is -2.46. The number of rotatable bonds is 3. The predicted octanol–water partition coefficient (Wildman–Crippen LogP) is 1.47. The summed E-state index contributed by atoms with van der Waals surface area (Å²) < 4.78 is 1.97. The van der Waals surface area contributed by atoms with Crippen LogP contribution in [-0.2, 0) is 24.2 Å². The molecule has 1 aromatic carbocycles. The molecule has 0 aliphatic carbocycles. The molecule has 1 aromatic heterocycles. The highest BCUT2D eigenvalue weighted by atomic mass is 16.2. The third kappa shape index (κ3) is 2.71. The highest BCUT2D eigenvalue weighted by Gasteiger charge is 2.31. The quantitative estimate of drug-likeness (QED) is 0.928. The highest BCUT2D eigenvalue weighted by molar-refractivity contribution is 5.97. The fourth-order valence-electron chi connectivity index (χ4n) is 3.86. The fourth-order valence-corrected chi connectivity index (χ4v) is 3.86. The number of nitrogens with one attached hydrogen (secondary N) is 1. The van der Waals surface area contributed by atoms with Crippen LogP contribution in [0, 0.1) is 6.92 Å². The normalized spacial score (nSPS) is 22.3. The molecule has 6 nitrogen and oxygen atoms in total. The van der Waals surface area contributed by atoms with Crippen molar-refractivity contribution in [2.75, 3.05) is 11.4 Å². The zero-order chi connectivity index (χ0) is 16.7. The number of benzene rings is 1. The maximum absolute atomic E-state index is 12.7. The van der Waals surface area contributed by atoms with E-state index < -0.39 is 0 Å². The van der Waals surface area contributed by atoms with E-state index in [9.17, 15) is 4.79 Å². The molecule has 1 N–H and O–H groups in total. The second-order valence-electron chi connectivity index (χ2n) is 6.82. The molecule has 2 aliphatic rings. The van der Waals surface area contributed by atoms with E-state index in [-0.39, 0.29) is 18.0 Å². The summed E-state index contributed by atoms with van der Waals surface area (Å²) in [6, 6.07) is 8.70. The SMILES string of the molecule is Cc1nc2n(n1)C[C@H](NCC(=O)N1c3ccccc3C[C@H]1C)CC2. The van der Waals surface area contributed by atoms with Gasteiger partial charge in [0.1, 0.15) is 11.6 Å². The number of aromatic nitrogens is 3. The van der Waals surface area contributed by atoms with Gasteiger partial charge in [0.25, 0.3) is 0 Å². The molecule has 2 aliphatic heterocycles. The minimum atomic E-state index is 0.146. The molecule has 0 fully saturated rings. The Balaban J connectivity index is 1.39. The Morgan fingerprint density at radius 2 is 2.21 bits per heavy atom. The Kier molecular flexibility index (Phi) is 3.84. The monoisotopic (exact) mass is 325 g/mol. The minimum Gasteiger partial charge on any atom is -0.308 e. The third-order valence-corrected chi connectivity index (χ3v) is 4.98. The predicted molar refractivity (Wildman–Crippen MR) is 92.0 cm³/mol. The van der Waals surface area contributed by atoms with Gasteiger partial charge in [0, 0.05) is 24.2 Å². The van der Waals surface area contributed by atoms with Gasteiger partial charge in [-0.3, -0.25) is 4.79 Å². The summed E-state index contributed by atoms with van der Waals surface area (Å²) in [6.07, 6.45) is 2.85. The number of carbonyl (C=O) groups excluding carboxylic acids is 1.